The Morgan fingerprint density at radius 1 is 1.00 bits per heavy atom. The standard InChI is InChI=1S/C26H32FN3O3S/c27-21-11-9-18(10-12-21)17-30-14-3-6-22(30)13-15-34(32,33)29-26(31)28-25-23-7-1-4-19(23)16-20-5-2-8-24(20)25/h9-12,16,22H,1-8,13-15,17H2,(H2,28,29,31)/t22-/m0/s1. The van der Waals surface area contributed by atoms with E-state index in [0.29, 0.717) is 13.0 Å². The molecule has 0 saturated carbocycles. The molecule has 1 fully saturated rings. The van der Waals surface area contributed by atoms with E-state index in [0.717, 1.165) is 69.2 Å². The number of hydrogen-bond acceptors (Lipinski definition) is 4. The van der Waals surface area contributed by atoms with Gasteiger partial charge in [0.15, 0.2) is 0 Å². The van der Waals surface area contributed by atoms with E-state index in [-0.39, 0.29) is 17.6 Å². The number of anilines is 1. The molecule has 2 aromatic rings. The number of likely N-dealkylation sites (tertiary alicyclic amines) is 1. The van der Waals surface area contributed by atoms with Crippen molar-refractivity contribution in [3.8, 4) is 0 Å². The van der Waals surface area contributed by atoms with Gasteiger partial charge in [-0.1, -0.05) is 18.2 Å². The number of aryl methyl sites for hydroxylation is 2. The van der Waals surface area contributed by atoms with Gasteiger partial charge in [0.1, 0.15) is 5.82 Å². The number of carbonyl (C=O) groups excluding carboxylic acids is 1. The fourth-order valence-electron chi connectivity index (χ4n) is 5.84. The van der Waals surface area contributed by atoms with Crippen LogP contribution in [0.4, 0.5) is 14.9 Å². The smallest absolute Gasteiger partial charge is 0.307 e. The van der Waals surface area contributed by atoms with Gasteiger partial charge in [-0.25, -0.2) is 22.3 Å². The average molecular weight is 486 g/mol. The summed E-state index contributed by atoms with van der Waals surface area (Å²) in [5.41, 5.74) is 6.79. The highest BCUT2D eigenvalue weighted by atomic mass is 32.2. The minimum atomic E-state index is -3.76. The predicted molar refractivity (Wildman–Crippen MR) is 131 cm³/mol. The Hall–Kier alpha value is -2.45. The lowest BCUT2D eigenvalue weighted by molar-refractivity contribution is 0.240. The van der Waals surface area contributed by atoms with Crippen molar-refractivity contribution in [3.05, 3.63) is 64.0 Å². The van der Waals surface area contributed by atoms with Crippen LogP contribution in [0, 0.1) is 5.82 Å². The number of urea groups is 1. The van der Waals surface area contributed by atoms with Crippen LogP contribution in [0.3, 0.4) is 0 Å². The van der Waals surface area contributed by atoms with E-state index in [9.17, 15) is 17.6 Å². The molecule has 1 atom stereocenters. The molecule has 5 rings (SSSR count). The van der Waals surface area contributed by atoms with E-state index in [1.165, 1.54) is 34.4 Å². The maximum Gasteiger partial charge on any atom is 0.332 e. The van der Waals surface area contributed by atoms with Gasteiger partial charge in [0.05, 0.1) is 5.75 Å². The Morgan fingerprint density at radius 2 is 1.68 bits per heavy atom. The lowest BCUT2D eigenvalue weighted by Crippen LogP contribution is -2.38. The molecule has 1 aliphatic heterocycles. The SMILES string of the molecule is O=C(Nc1c2c(cc3c1CCC3)CCC2)NS(=O)(=O)CC[C@@H]1CCCN1Cc1ccc(F)cc1. The maximum atomic E-state index is 13.2. The highest BCUT2D eigenvalue weighted by Crippen LogP contribution is 2.38. The summed E-state index contributed by atoms with van der Waals surface area (Å²) < 4.78 is 40.9. The topological polar surface area (TPSA) is 78.5 Å². The fraction of sp³-hybridized carbons (Fsp3) is 0.500. The van der Waals surface area contributed by atoms with Crippen LogP contribution < -0.4 is 10.0 Å². The highest BCUT2D eigenvalue weighted by molar-refractivity contribution is 7.90. The van der Waals surface area contributed by atoms with Crippen LogP contribution in [0.1, 0.15) is 59.9 Å². The number of fused-ring (bicyclic) bond motifs is 2. The molecule has 0 radical (unpaired) electrons. The van der Waals surface area contributed by atoms with Crippen LogP contribution in [0.25, 0.3) is 0 Å². The molecule has 1 saturated heterocycles. The van der Waals surface area contributed by atoms with Crippen molar-refractivity contribution < 1.29 is 17.6 Å². The molecule has 34 heavy (non-hydrogen) atoms. The van der Waals surface area contributed by atoms with Gasteiger partial charge in [-0.2, -0.15) is 0 Å². The number of rotatable bonds is 7. The predicted octanol–water partition coefficient (Wildman–Crippen LogP) is 4.31. The first-order chi connectivity index (χ1) is 16.4. The second-order valence-electron chi connectivity index (χ2n) is 9.79. The highest BCUT2D eigenvalue weighted by Gasteiger charge is 2.28. The van der Waals surface area contributed by atoms with Gasteiger partial charge in [0.2, 0.25) is 10.0 Å². The lowest BCUT2D eigenvalue weighted by Gasteiger charge is -2.24. The third-order valence-corrected chi connectivity index (χ3v) is 8.75. The van der Waals surface area contributed by atoms with Crippen molar-refractivity contribution in [2.75, 3.05) is 17.6 Å². The van der Waals surface area contributed by atoms with Gasteiger partial charge in [-0.3, -0.25) is 4.90 Å². The molecule has 2 aromatic carbocycles. The molecule has 182 valence electrons. The van der Waals surface area contributed by atoms with Crippen molar-refractivity contribution in [1.29, 1.82) is 0 Å². The first-order valence-electron chi connectivity index (χ1n) is 12.3. The molecule has 6 nitrogen and oxygen atoms in total. The molecule has 0 spiro atoms. The van der Waals surface area contributed by atoms with Crippen LogP contribution >= 0.6 is 0 Å². The van der Waals surface area contributed by atoms with E-state index < -0.39 is 16.1 Å². The van der Waals surface area contributed by atoms with Crippen molar-refractivity contribution >= 4 is 21.7 Å². The van der Waals surface area contributed by atoms with E-state index in [2.05, 4.69) is 21.0 Å². The Balaban J connectivity index is 1.19. The number of amides is 2. The summed E-state index contributed by atoms with van der Waals surface area (Å²) in [5, 5.41) is 2.90. The third kappa shape index (κ3) is 5.13. The van der Waals surface area contributed by atoms with Crippen LogP contribution in [0.15, 0.2) is 30.3 Å². The van der Waals surface area contributed by atoms with Crippen LogP contribution in [-0.2, 0) is 42.3 Å². The van der Waals surface area contributed by atoms with Gasteiger partial charge in [-0.05, 0) is 104 Å². The molecule has 8 heteroatoms. The van der Waals surface area contributed by atoms with E-state index in [1.54, 1.807) is 12.1 Å². The zero-order valence-corrected chi connectivity index (χ0v) is 20.2. The Morgan fingerprint density at radius 3 is 2.35 bits per heavy atom. The Bertz CT molecular complexity index is 1150. The van der Waals surface area contributed by atoms with E-state index >= 15 is 0 Å². The second-order valence-corrected chi connectivity index (χ2v) is 11.6. The summed E-state index contributed by atoms with van der Waals surface area (Å²) in [6, 6.07) is 8.18. The molecule has 0 bridgehead atoms. The minimum absolute atomic E-state index is 0.101. The number of nitrogens with zero attached hydrogens (tertiary/aromatic N) is 1. The minimum Gasteiger partial charge on any atom is -0.307 e. The van der Waals surface area contributed by atoms with Crippen molar-refractivity contribution in [2.45, 2.75) is 70.4 Å². The molecular formula is C26H32FN3O3S. The van der Waals surface area contributed by atoms with Gasteiger partial charge >= 0.3 is 6.03 Å². The van der Waals surface area contributed by atoms with E-state index in [1.807, 2.05) is 0 Å². The normalized spacial score (nSPS) is 19.7. The number of hydrogen-bond donors (Lipinski definition) is 2. The van der Waals surface area contributed by atoms with Crippen LogP contribution in [0.5, 0.6) is 0 Å². The zero-order chi connectivity index (χ0) is 23.7. The number of halogens is 1. The van der Waals surface area contributed by atoms with Crippen LogP contribution in [0.2, 0.25) is 0 Å². The number of benzene rings is 2. The molecule has 0 aromatic heterocycles. The van der Waals surface area contributed by atoms with E-state index in [4.69, 9.17) is 0 Å². The number of nitrogens with one attached hydrogen (secondary N) is 2. The first-order valence-corrected chi connectivity index (χ1v) is 14.0. The summed E-state index contributed by atoms with van der Waals surface area (Å²) in [6.07, 6.45) is 8.42. The summed E-state index contributed by atoms with van der Waals surface area (Å²) in [7, 11) is -3.76. The summed E-state index contributed by atoms with van der Waals surface area (Å²) in [5.74, 6) is -0.363. The zero-order valence-electron chi connectivity index (χ0n) is 19.4. The molecular weight excluding hydrogens is 453 g/mol. The average Bonchev–Trinajstić information content (AvgIpc) is 3.54. The van der Waals surface area contributed by atoms with Crippen molar-refractivity contribution in [3.63, 3.8) is 0 Å². The molecule has 2 amide bonds. The van der Waals surface area contributed by atoms with Crippen LogP contribution in [-0.4, -0.2) is 37.7 Å². The van der Waals surface area contributed by atoms with Crippen molar-refractivity contribution in [1.82, 2.24) is 9.62 Å². The van der Waals surface area contributed by atoms with Crippen molar-refractivity contribution in [2.24, 2.45) is 0 Å². The van der Waals surface area contributed by atoms with Gasteiger partial charge in [-0.15, -0.1) is 0 Å². The monoisotopic (exact) mass is 485 g/mol. The fourth-order valence-corrected chi connectivity index (χ4v) is 6.86. The summed E-state index contributed by atoms with van der Waals surface area (Å²) >= 11 is 0. The number of sulfonamides is 1. The first kappa shape index (κ1) is 23.3. The Kier molecular flexibility index (Phi) is 6.62. The van der Waals surface area contributed by atoms with Gasteiger partial charge in [0.25, 0.3) is 0 Å². The van der Waals surface area contributed by atoms with Gasteiger partial charge < -0.3 is 5.32 Å². The quantitative estimate of drug-likeness (QED) is 0.613. The lowest BCUT2D eigenvalue weighted by atomic mass is 9.99. The van der Waals surface area contributed by atoms with Gasteiger partial charge in [0, 0.05) is 18.3 Å². The molecule has 2 N–H and O–H groups in total. The third-order valence-electron chi connectivity index (χ3n) is 7.48. The molecule has 2 aliphatic carbocycles. The molecule has 1 heterocycles. The second kappa shape index (κ2) is 9.66. The summed E-state index contributed by atoms with van der Waals surface area (Å²) in [6.45, 7) is 1.56. The number of carbonyl (C=O) groups is 1. The largest absolute Gasteiger partial charge is 0.332 e. The summed E-state index contributed by atoms with van der Waals surface area (Å²) in [4.78, 5) is 15.0. The Labute approximate surface area is 201 Å². The maximum absolute atomic E-state index is 13.2. The molecule has 3 aliphatic rings. The molecule has 0 unspecified atom stereocenters.